The van der Waals surface area contributed by atoms with Gasteiger partial charge in [0.15, 0.2) is 11.6 Å². The average Bonchev–Trinajstić information content (AvgIpc) is 2.77. The van der Waals surface area contributed by atoms with Crippen molar-refractivity contribution in [3.05, 3.63) is 12.2 Å². The van der Waals surface area contributed by atoms with Gasteiger partial charge in [0, 0.05) is 29.6 Å². The Kier molecular flexibility index (Phi) is 2.36. The van der Waals surface area contributed by atoms with Gasteiger partial charge in [-0.2, -0.15) is 0 Å². The SMILES string of the molecule is CC1(C)C=CC(=O)[C@]2(C)[C@@H]1C(=O)C[C@]13C[C@H]4C(=O)[C@H](O[C@@]4(C)C1)[C@H]32. The minimum Gasteiger partial charge on any atom is -0.363 e. The molecule has 4 nitrogen and oxygen atoms in total. The fourth-order valence-electron chi connectivity index (χ4n) is 7.59. The minimum absolute atomic E-state index is 0.000368. The summed E-state index contributed by atoms with van der Waals surface area (Å²) in [6.45, 7) is 8.01. The van der Waals surface area contributed by atoms with E-state index in [0.29, 0.717) is 6.42 Å². The van der Waals surface area contributed by atoms with Crippen molar-refractivity contribution >= 4 is 17.3 Å². The third kappa shape index (κ3) is 1.33. The van der Waals surface area contributed by atoms with Gasteiger partial charge in [-0.05, 0) is 36.7 Å². The Balaban J connectivity index is 1.75. The van der Waals surface area contributed by atoms with Crippen LogP contribution in [0.2, 0.25) is 0 Å². The molecule has 0 amide bonds. The number of rotatable bonds is 0. The molecule has 4 heteroatoms. The molecule has 128 valence electrons. The molecule has 0 aromatic carbocycles. The highest BCUT2D eigenvalue weighted by molar-refractivity contribution is 6.04. The number of allylic oxidation sites excluding steroid dienone is 2. The first-order chi connectivity index (χ1) is 11.1. The number of hydrogen-bond acceptors (Lipinski definition) is 4. The van der Waals surface area contributed by atoms with Gasteiger partial charge in [-0.25, -0.2) is 0 Å². The van der Waals surface area contributed by atoms with Crippen LogP contribution < -0.4 is 0 Å². The number of carbonyl (C=O) groups excluding carboxylic acids is 3. The van der Waals surface area contributed by atoms with E-state index in [9.17, 15) is 14.4 Å². The van der Waals surface area contributed by atoms with Gasteiger partial charge in [0.05, 0.1) is 5.60 Å². The fraction of sp³-hybridized carbons (Fsp3) is 0.750. The Morgan fingerprint density at radius 1 is 1.12 bits per heavy atom. The molecule has 4 aliphatic carbocycles. The Hall–Kier alpha value is -1.29. The number of ketones is 3. The number of fused-ring (bicyclic) bond motifs is 1. The molecular weight excluding hydrogens is 304 g/mol. The highest BCUT2D eigenvalue weighted by Crippen LogP contribution is 2.74. The standard InChI is InChI=1S/C20H24O4/c1-17(2)6-5-12(22)19(4)15(17)11(21)8-20-7-10-13(23)14(16(19)20)24-18(10,3)9-20/h5-6,10,14-16H,7-9H2,1-4H3/t10-,14-,15+,16-,18-,19+,20+/m0/s1. The summed E-state index contributed by atoms with van der Waals surface area (Å²) < 4.78 is 6.24. The Morgan fingerprint density at radius 2 is 1.83 bits per heavy atom. The number of ether oxygens (including phenoxy) is 1. The van der Waals surface area contributed by atoms with Crippen molar-refractivity contribution < 1.29 is 19.1 Å². The Morgan fingerprint density at radius 3 is 2.50 bits per heavy atom. The normalized spacial score (nSPS) is 56.6. The molecule has 5 fully saturated rings. The lowest BCUT2D eigenvalue weighted by Gasteiger charge is -2.62. The first kappa shape index (κ1) is 15.0. The average molecular weight is 328 g/mol. The van der Waals surface area contributed by atoms with E-state index >= 15 is 0 Å². The molecular formula is C20H24O4. The van der Waals surface area contributed by atoms with Crippen molar-refractivity contribution in [3.63, 3.8) is 0 Å². The molecule has 2 aliphatic heterocycles. The van der Waals surface area contributed by atoms with Crippen LogP contribution in [0.3, 0.4) is 0 Å². The lowest BCUT2D eigenvalue weighted by Crippen LogP contribution is -2.67. The molecule has 1 spiro atoms. The van der Waals surface area contributed by atoms with Crippen LogP contribution in [0.1, 0.15) is 47.0 Å². The maximum absolute atomic E-state index is 13.2. The summed E-state index contributed by atoms with van der Waals surface area (Å²) >= 11 is 0. The van der Waals surface area contributed by atoms with Crippen LogP contribution in [0.4, 0.5) is 0 Å². The summed E-state index contributed by atoms with van der Waals surface area (Å²) in [6, 6.07) is 0. The van der Waals surface area contributed by atoms with Crippen molar-refractivity contribution in [2.45, 2.75) is 58.7 Å². The molecule has 0 N–H and O–H groups in total. The van der Waals surface area contributed by atoms with Crippen molar-refractivity contribution in [2.75, 3.05) is 0 Å². The lowest BCUT2D eigenvalue weighted by molar-refractivity contribution is -0.207. The fourth-order valence-corrected chi connectivity index (χ4v) is 7.59. The molecule has 0 aromatic rings. The largest absolute Gasteiger partial charge is 0.363 e. The van der Waals surface area contributed by atoms with Crippen LogP contribution in [0, 0.1) is 34.0 Å². The summed E-state index contributed by atoms with van der Waals surface area (Å²) in [5.74, 6) is -0.240. The molecule has 4 bridgehead atoms. The maximum Gasteiger partial charge on any atom is 0.167 e. The van der Waals surface area contributed by atoms with Gasteiger partial charge in [0.25, 0.3) is 0 Å². The zero-order valence-corrected chi connectivity index (χ0v) is 14.7. The van der Waals surface area contributed by atoms with Crippen LogP contribution in [0.15, 0.2) is 12.2 Å². The molecule has 24 heavy (non-hydrogen) atoms. The number of Topliss-reactive ketones (excluding diaryl/α,β-unsaturated/α-hetero) is 2. The molecule has 3 saturated carbocycles. The van der Waals surface area contributed by atoms with Gasteiger partial charge < -0.3 is 4.74 Å². The predicted molar refractivity (Wildman–Crippen MR) is 86.1 cm³/mol. The first-order valence-corrected chi connectivity index (χ1v) is 9.03. The van der Waals surface area contributed by atoms with E-state index in [0.717, 1.165) is 12.8 Å². The van der Waals surface area contributed by atoms with E-state index in [1.54, 1.807) is 6.08 Å². The predicted octanol–water partition coefficient (Wildman–Crippen LogP) is 2.50. The van der Waals surface area contributed by atoms with E-state index in [2.05, 4.69) is 0 Å². The van der Waals surface area contributed by atoms with Crippen LogP contribution in [0.5, 0.6) is 0 Å². The van der Waals surface area contributed by atoms with E-state index in [1.165, 1.54) is 0 Å². The Labute approximate surface area is 142 Å². The van der Waals surface area contributed by atoms with Crippen LogP contribution in [-0.2, 0) is 19.1 Å². The van der Waals surface area contributed by atoms with E-state index in [4.69, 9.17) is 4.74 Å². The van der Waals surface area contributed by atoms with Gasteiger partial charge in [-0.3, -0.25) is 14.4 Å². The molecule has 6 aliphatic rings. The zero-order chi connectivity index (χ0) is 17.3. The van der Waals surface area contributed by atoms with Crippen molar-refractivity contribution in [3.8, 4) is 0 Å². The summed E-state index contributed by atoms with van der Waals surface area (Å²) in [4.78, 5) is 39.2. The van der Waals surface area contributed by atoms with Gasteiger partial charge in [0.2, 0.25) is 0 Å². The molecule has 2 heterocycles. The second-order valence-electron chi connectivity index (χ2n) is 9.90. The monoisotopic (exact) mass is 328 g/mol. The van der Waals surface area contributed by atoms with E-state index in [-0.39, 0.29) is 45.9 Å². The third-order valence-electron chi connectivity index (χ3n) is 8.07. The highest BCUT2D eigenvalue weighted by Gasteiger charge is 2.79. The second-order valence-corrected chi connectivity index (χ2v) is 9.90. The topological polar surface area (TPSA) is 60.4 Å². The molecule has 0 aromatic heterocycles. The van der Waals surface area contributed by atoms with Gasteiger partial charge in [0.1, 0.15) is 11.9 Å². The number of hydrogen-bond donors (Lipinski definition) is 0. The van der Waals surface area contributed by atoms with Crippen molar-refractivity contribution in [2.24, 2.45) is 34.0 Å². The summed E-state index contributed by atoms with van der Waals surface area (Å²) in [5, 5.41) is 0. The quantitative estimate of drug-likeness (QED) is 0.685. The van der Waals surface area contributed by atoms with Gasteiger partial charge in [-0.1, -0.05) is 26.8 Å². The minimum atomic E-state index is -0.829. The molecule has 0 unspecified atom stereocenters. The first-order valence-electron chi connectivity index (χ1n) is 9.03. The molecule has 6 rings (SSSR count). The van der Waals surface area contributed by atoms with Crippen LogP contribution in [0.25, 0.3) is 0 Å². The highest BCUT2D eigenvalue weighted by atomic mass is 16.5. The van der Waals surface area contributed by atoms with Gasteiger partial charge >= 0.3 is 0 Å². The van der Waals surface area contributed by atoms with Crippen LogP contribution in [-0.4, -0.2) is 29.1 Å². The van der Waals surface area contributed by atoms with Crippen molar-refractivity contribution in [1.29, 1.82) is 0 Å². The van der Waals surface area contributed by atoms with E-state index < -0.39 is 17.1 Å². The molecule has 2 saturated heterocycles. The lowest BCUT2D eigenvalue weighted by atomic mass is 9.41. The summed E-state index contributed by atoms with van der Waals surface area (Å²) in [7, 11) is 0. The second kappa shape index (κ2) is 3.77. The Bertz CT molecular complexity index is 749. The number of carbonyl (C=O) groups is 3. The van der Waals surface area contributed by atoms with Crippen molar-refractivity contribution in [1.82, 2.24) is 0 Å². The smallest absolute Gasteiger partial charge is 0.167 e. The van der Waals surface area contributed by atoms with Gasteiger partial charge in [-0.15, -0.1) is 0 Å². The maximum atomic E-state index is 13.2. The summed E-state index contributed by atoms with van der Waals surface area (Å²) in [5.41, 5.74) is -1.85. The molecule has 0 radical (unpaired) electrons. The summed E-state index contributed by atoms with van der Waals surface area (Å²) in [6.07, 6.45) is 4.98. The van der Waals surface area contributed by atoms with Crippen LogP contribution >= 0.6 is 0 Å². The third-order valence-corrected chi connectivity index (χ3v) is 8.07. The zero-order valence-electron chi connectivity index (χ0n) is 14.7. The molecule has 7 atom stereocenters. The van der Waals surface area contributed by atoms with E-state index in [1.807, 2.05) is 33.8 Å².